The summed E-state index contributed by atoms with van der Waals surface area (Å²) in [6, 6.07) is 21.5. The number of piperazine rings is 1. The molecule has 7 nitrogen and oxygen atoms in total. The Bertz CT molecular complexity index is 1230. The average Bonchev–Trinajstić information content (AvgIpc) is 3.25. The van der Waals surface area contributed by atoms with Gasteiger partial charge in [-0.05, 0) is 25.1 Å². The molecule has 0 atom stereocenters. The maximum Gasteiger partial charge on any atom is 0.259 e. The summed E-state index contributed by atoms with van der Waals surface area (Å²) in [6.45, 7) is 6.26. The number of fused-ring (bicyclic) bond motifs is 1. The van der Waals surface area contributed by atoms with Crippen molar-refractivity contribution in [3.8, 4) is 17.0 Å². The lowest BCUT2D eigenvalue weighted by Crippen LogP contribution is -2.49. The number of pyridine rings is 1. The molecule has 7 heteroatoms. The maximum absolute atomic E-state index is 13.5. The number of nitrogens with zero attached hydrogens (tertiary/aromatic N) is 4. The molecule has 0 bridgehead atoms. The summed E-state index contributed by atoms with van der Waals surface area (Å²) in [5, 5.41) is 4.75. The van der Waals surface area contributed by atoms with Crippen LogP contribution in [0.2, 0.25) is 0 Å². The van der Waals surface area contributed by atoms with Crippen LogP contribution >= 0.6 is 0 Å². The molecule has 0 aliphatic carbocycles. The Kier molecular flexibility index (Phi) is 6.04. The lowest BCUT2D eigenvalue weighted by atomic mass is 10.0. The van der Waals surface area contributed by atoms with E-state index in [2.05, 4.69) is 15.0 Å². The van der Waals surface area contributed by atoms with Crippen LogP contribution in [0, 0.1) is 6.92 Å². The predicted octanol–water partition coefficient (Wildman–Crippen LogP) is 4.04. The zero-order valence-corrected chi connectivity index (χ0v) is 18.6. The minimum Gasteiger partial charge on any atom is -0.492 e. The van der Waals surface area contributed by atoms with Gasteiger partial charge in [0.25, 0.3) is 11.6 Å². The van der Waals surface area contributed by atoms with Crippen molar-refractivity contribution in [2.24, 2.45) is 0 Å². The number of ether oxygens (including phenoxy) is 1. The van der Waals surface area contributed by atoms with Crippen molar-refractivity contribution in [3.63, 3.8) is 0 Å². The van der Waals surface area contributed by atoms with Crippen LogP contribution in [0.3, 0.4) is 0 Å². The Morgan fingerprint density at radius 3 is 2.42 bits per heavy atom. The van der Waals surface area contributed by atoms with E-state index >= 15 is 0 Å². The second kappa shape index (κ2) is 9.42. The SMILES string of the molecule is Cc1noc2nc(-c3ccccc3)cc(C(=O)N3CCN(CCOc4ccccc4)CC3)c12. The van der Waals surface area contributed by atoms with Crippen molar-refractivity contribution in [2.45, 2.75) is 6.92 Å². The molecule has 1 amide bonds. The van der Waals surface area contributed by atoms with Gasteiger partial charge >= 0.3 is 0 Å². The van der Waals surface area contributed by atoms with Crippen LogP contribution < -0.4 is 4.74 Å². The first-order valence-electron chi connectivity index (χ1n) is 11.2. The number of carbonyl (C=O) groups is 1. The molecule has 0 unspecified atom stereocenters. The minimum atomic E-state index is -0.00827. The summed E-state index contributed by atoms with van der Waals surface area (Å²) in [5.41, 5.74) is 3.31. The molecule has 3 heterocycles. The maximum atomic E-state index is 13.5. The van der Waals surface area contributed by atoms with E-state index in [9.17, 15) is 4.79 Å². The van der Waals surface area contributed by atoms with Crippen molar-refractivity contribution in [2.75, 3.05) is 39.3 Å². The average molecular weight is 443 g/mol. The van der Waals surface area contributed by atoms with E-state index in [0.717, 1.165) is 30.9 Å². The summed E-state index contributed by atoms with van der Waals surface area (Å²) < 4.78 is 11.2. The van der Waals surface area contributed by atoms with E-state index in [4.69, 9.17) is 9.26 Å². The van der Waals surface area contributed by atoms with Crippen LogP contribution in [0.15, 0.2) is 71.3 Å². The number of aryl methyl sites for hydroxylation is 1. The van der Waals surface area contributed by atoms with Gasteiger partial charge in [0.05, 0.1) is 22.3 Å². The quantitative estimate of drug-likeness (QED) is 0.449. The van der Waals surface area contributed by atoms with Gasteiger partial charge in [-0.1, -0.05) is 53.7 Å². The Hall–Kier alpha value is -3.71. The lowest BCUT2D eigenvalue weighted by Gasteiger charge is -2.34. The van der Waals surface area contributed by atoms with Gasteiger partial charge in [0.1, 0.15) is 12.4 Å². The van der Waals surface area contributed by atoms with Crippen LogP contribution in [0.25, 0.3) is 22.4 Å². The highest BCUT2D eigenvalue weighted by Gasteiger charge is 2.26. The zero-order valence-electron chi connectivity index (χ0n) is 18.6. The lowest BCUT2D eigenvalue weighted by molar-refractivity contribution is 0.0622. The van der Waals surface area contributed by atoms with E-state index in [1.54, 1.807) is 0 Å². The third-order valence-electron chi connectivity index (χ3n) is 6.00. The monoisotopic (exact) mass is 442 g/mol. The van der Waals surface area contributed by atoms with Gasteiger partial charge in [-0.2, -0.15) is 0 Å². The van der Waals surface area contributed by atoms with Crippen LogP contribution in [0.1, 0.15) is 16.1 Å². The molecule has 0 N–H and O–H groups in total. The second-order valence-corrected chi connectivity index (χ2v) is 8.16. The van der Waals surface area contributed by atoms with Gasteiger partial charge < -0.3 is 14.2 Å². The van der Waals surface area contributed by atoms with Crippen LogP contribution in [-0.4, -0.2) is 65.2 Å². The molecule has 33 heavy (non-hydrogen) atoms. The topological polar surface area (TPSA) is 71.7 Å². The number of hydrogen-bond donors (Lipinski definition) is 0. The first kappa shape index (κ1) is 21.2. The molecule has 1 aliphatic rings. The summed E-state index contributed by atoms with van der Waals surface area (Å²) >= 11 is 0. The molecule has 2 aromatic heterocycles. The molecule has 5 rings (SSSR count). The first-order chi connectivity index (χ1) is 16.2. The van der Waals surface area contributed by atoms with Crippen LogP contribution in [-0.2, 0) is 0 Å². The predicted molar refractivity (Wildman–Crippen MR) is 126 cm³/mol. The summed E-state index contributed by atoms with van der Waals surface area (Å²) in [7, 11) is 0. The number of rotatable bonds is 6. The Morgan fingerprint density at radius 2 is 1.70 bits per heavy atom. The van der Waals surface area contributed by atoms with E-state index in [1.165, 1.54) is 0 Å². The van der Waals surface area contributed by atoms with E-state index in [-0.39, 0.29) is 5.91 Å². The number of carbonyl (C=O) groups excluding carboxylic acids is 1. The standard InChI is InChI=1S/C26H26N4O3/c1-19-24-22(18-23(27-25(24)33-28-19)20-8-4-2-5-9-20)26(31)30-14-12-29(13-15-30)16-17-32-21-10-6-3-7-11-21/h2-11,18H,12-17H2,1H3. The third kappa shape index (κ3) is 4.59. The number of hydrogen-bond acceptors (Lipinski definition) is 6. The van der Waals surface area contributed by atoms with Gasteiger partial charge in [0.15, 0.2) is 0 Å². The van der Waals surface area contributed by atoms with Gasteiger partial charge in [-0.3, -0.25) is 9.69 Å². The Morgan fingerprint density at radius 1 is 1.00 bits per heavy atom. The normalized spacial score (nSPS) is 14.5. The Balaban J connectivity index is 1.28. The highest BCUT2D eigenvalue weighted by atomic mass is 16.5. The molecule has 4 aromatic rings. The number of aromatic nitrogens is 2. The fourth-order valence-electron chi connectivity index (χ4n) is 4.17. The molecular formula is C26H26N4O3. The molecule has 1 saturated heterocycles. The molecule has 1 aliphatic heterocycles. The summed E-state index contributed by atoms with van der Waals surface area (Å²) in [5.74, 6) is 0.873. The molecule has 2 aromatic carbocycles. The smallest absolute Gasteiger partial charge is 0.259 e. The van der Waals surface area contributed by atoms with Gasteiger partial charge in [0, 0.05) is 38.3 Å². The number of benzene rings is 2. The highest BCUT2D eigenvalue weighted by Crippen LogP contribution is 2.28. The molecule has 0 radical (unpaired) electrons. The van der Waals surface area contributed by atoms with Crippen molar-refractivity contribution < 1.29 is 14.1 Å². The summed E-state index contributed by atoms with van der Waals surface area (Å²) in [6.07, 6.45) is 0. The van der Waals surface area contributed by atoms with Crippen molar-refractivity contribution in [1.29, 1.82) is 0 Å². The van der Waals surface area contributed by atoms with Gasteiger partial charge in [0.2, 0.25) is 0 Å². The summed E-state index contributed by atoms with van der Waals surface area (Å²) in [4.78, 5) is 22.4. The zero-order chi connectivity index (χ0) is 22.6. The fourth-order valence-corrected chi connectivity index (χ4v) is 4.17. The Labute approximate surface area is 192 Å². The largest absolute Gasteiger partial charge is 0.492 e. The fraction of sp³-hybridized carbons (Fsp3) is 0.269. The van der Waals surface area contributed by atoms with Crippen molar-refractivity contribution >= 4 is 17.0 Å². The second-order valence-electron chi connectivity index (χ2n) is 8.16. The molecular weight excluding hydrogens is 416 g/mol. The van der Waals surface area contributed by atoms with E-state index in [1.807, 2.05) is 78.6 Å². The van der Waals surface area contributed by atoms with Crippen LogP contribution in [0.4, 0.5) is 0 Å². The first-order valence-corrected chi connectivity index (χ1v) is 11.2. The minimum absolute atomic E-state index is 0.00827. The number of amides is 1. The van der Waals surface area contributed by atoms with Crippen molar-refractivity contribution in [3.05, 3.63) is 78.0 Å². The molecule has 0 saturated carbocycles. The molecule has 1 fully saturated rings. The van der Waals surface area contributed by atoms with Crippen molar-refractivity contribution in [1.82, 2.24) is 19.9 Å². The van der Waals surface area contributed by atoms with Crippen LogP contribution in [0.5, 0.6) is 5.75 Å². The highest BCUT2D eigenvalue weighted by molar-refractivity contribution is 6.07. The third-order valence-corrected chi connectivity index (χ3v) is 6.00. The van der Waals surface area contributed by atoms with Gasteiger partial charge in [-0.15, -0.1) is 0 Å². The molecule has 0 spiro atoms. The van der Waals surface area contributed by atoms with E-state index < -0.39 is 0 Å². The number of para-hydroxylation sites is 1. The molecule has 168 valence electrons. The van der Waals surface area contributed by atoms with E-state index in [0.29, 0.717) is 47.7 Å². The van der Waals surface area contributed by atoms with Gasteiger partial charge in [-0.25, -0.2) is 4.98 Å².